The molecule has 0 saturated heterocycles. The molecule has 26 heavy (non-hydrogen) atoms. The Balaban J connectivity index is 1.82. The minimum absolute atomic E-state index is 0.403. The standard InChI is InChI=1S/C22H19NO3/c1-24-21-14-8-9-18(17-21)23-22(26-20-12-6-3-7-13-20)15-16-25-19-10-4-2-5-11-19/h2-17H,1H3. The van der Waals surface area contributed by atoms with E-state index in [9.17, 15) is 0 Å². The third kappa shape index (κ3) is 5.24. The van der Waals surface area contributed by atoms with Crippen molar-refractivity contribution in [3.8, 4) is 17.2 Å². The topological polar surface area (TPSA) is 40.0 Å². The average Bonchev–Trinajstić information content (AvgIpc) is 2.70. The summed E-state index contributed by atoms with van der Waals surface area (Å²) in [6.07, 6.45) is 3.23. The average molecular weight is 345 g/mol. The summed E-state index contributed by atoms with van der Waals surface area (Å²) in [5.41, 5.74) is 0.722. The molecule has 0 aromatic heterocycles. The zero-order chi connectivity index (χ0) is 18.0. The molecule has 3 rings (SSSR count). The summed E-state index contributed by atoms with van der Waals surface area (Å²) in [6.45, 7) is 0. The van der Waals surface area contributed by atoms with Crippen LogP contribution >= 0.6 is 0 Å². The van der Waals surface area contributed by atoms with Crippen LogP contribution in [-0.2, 0) is 0 Å². The van der Waals surface area contributed by atoms with Crippen LogP contribution in [0.5, 0.6) is 17.2 Å². The Labute approximate surface area is 153 Å². The molecular weight excluding hydrogens is 326 g/mol. The van der Waals surface area contributed by atoms with Gasteiger partial charge in [-0.2, -0.15) is 0 Å². The first kappa shape index (κ1) is 17.3. The lowest BCUT2D eigenvalue weighted by Crippen LogP contribution is -2.05. The number of aliphatic imine (C=N–C) groups is 1. The number of nitrogens with zero attached hydrogens (tertiary/aromatic N) is 1. The highest BCUT2D eigenvalue weighted by molar-refractivity contribution is 5.91. The monoisotopic (exact) mass is 345 g/mol. The molecule has 0 bridgehead atoms. The van der Waals surface area contributed by atoms with Gasteiger partial charge in [0.25, 0.3) is 0 Å². The quantitative estimate of drug-likeness (QED) is 0.341. The lowest BCUT2D eigenvalue weighted by atomic mass is 10.3. The molecule has 0 aliphatic carbocycles. The minimum atomic E-state index is 0.403. The van der Waals surface area contributed by atoms with Crippen molar-refractivity contribution in [3.63, 3.8) is 0 Å². The van der Waals surface area contributed by atoms with Gasteiger partial charge in [-0.3, -0.25) is 0 Å². The summed E-state index contributed by atoms with van der Waals surface area (Å²) in [5, 5.41) is 0. The summed E-state index contributed by atoms with van der Waals surface area (Å²) in [4.78, 5) is 4.54. The van der Waals surface area contributed by atoms with E-state index in [1.165, 1.54) is 0 Å². The molecule has 0 atom stereocenters. The van der Waals surface area contributed by atoms with Gasteiger partial charge in [-0.1, -0.05) is 42.5 Å². The summed E-state index contributed by atoms with van der Waals surface area (Å²) in [5.74, 6) is 2.57. The van der Waals surface area contributed by atoms with E-state index in [2.05, 4.69) is 4.99 Å². The number of ether oxygens (including phenoxy) is 3. The largest absolute Gasteiger partial charge is 0.497 e. The van der Waals surface area contributed by atoms with Crippen molar-refractivity contribution in [1.82, 2.24) is 0 Å². The van der Waals surface area contributed by atoms with E-state index >= 15 is 0 Å². The van der Waals surface area contributed by atoms with Gasteiger partial charge in [-0.15, -0.1) is 0 Å². The third-order valence-electron chi connectivity index (χ3n) is 3.42. The maximum absolute atomic E-state index is 5.87. The summed E-state index contributed by atoms with van der Waals surface area (Å²) in [6, 6.07) is 26.4. The second-order valence-electron chi connectivity index (χ2n) is 5.30. The highest BCUT2D eigenvalue weighted by Crippen LogP contribution is 2.21. The molecule has 0 heterocycles. The molecule has 0 N–H and O–H groups in total. The fourth-order valence-corrected chi connectivity index (χ4v) is 2.18. The highest BCUT2D eigenvalue weighted by Gasteiger charge is 2.01. The van der Waals surface area contributed by atoms with E-state index in [1.807, 2.05) is 84.9 Å². The van der Waals surface area contributed by atoms with Gasteiger partial charge in [-0.05, 0) is 36.4 Å². The van der Waals surface area contributed by atoms with Gasteiger partial charge in [0.2, 0.25) is 5.90 Å². The van der Waals surface area contributed by atoms with Crippen LogP contribution in [0.4, 0.5) is 5.69 Å². The second kappa shape index (κ2) is 9.08. The first-order chi connectivity index (χ1) is 12.8. The summed E-state index contributed by atoms with van der Waals surface area (Å²) < 4.78 is 16.7. The van der Waals surface area contributed by atoms with Crippen molar-refractivity contribution < 1.29 is 14.2 Å². The zero-order valence-corrected chi connectivity index (χ0v) is 14.4. The van der Waals surface area contributed by atoms with Crippen molar-refractivity contribution in [3.05, 3.63) is 97.3 Å². The number of para-hydroxylation sites is 2. The molecule has 4 heteroatoms. The maximum Gasteiger partial charge on any atom is 0.222 e. The normalized spacial score (nSPS) is 11.3. The maximum atomic E-state index is 5.87. The van der Waals surface area contributed by atoms with Gasteiger partial charge in [0.15, 0.2) is 0 Å². The molecule has 0 amide bonds. The number of methoxy groups -OCH3 is 1. The molecule has 3 aromatic carbocycles. The Bertz CT molecular complexity index is 874. The predicted octanol–water partition coefficient (Wildman–Crippen LogP) is 5.40. The summed E-state index contributed by atoms with van der Waals surface area (Å²) >= 11 is 0. The second-order valence-corrected chi connectivity index (χ2v) is 5.30. The Morgan fingerprint density at radius 3 is 2.12 bits per heavy atom. The molecular formula is C22H19NO3. The lowest BCUT2D eigenvalue weighted by molar-refractivity contribution is 0.415. The van der Waals surface area contributed by atoms with E-state index in [-0.39, 0.29) is 0 Å². The first-order valence-corrected chi connectivity index (χ1v) is 8.17. The number of benzene rings is 3. The molecule has 0 radical (unpaired) electrons. The van der Waals surface area contributed by atoms with Crippen LogP contribution < -0.4 is 14.2 Å². The van der Waals surface area contributed by atoms with Crippen LogP contribution in [0.3, 0.4) is 0 Å². The molecule has 0 spiro atoms. The molecule has 0 fully saturated rings. The molecule has 0 unspecified atom stereocenters. The number of hydrogen-bond donors (Lipinski definition) is 0. The van der Waals surface area contributed by atoms with Crippen molar-refractivity contribution in [2.24, 2.45) is 4.99 Å². The molecule has 0 aliphatic heterocycles. The van der Waals surface area contributed by atoms with Crippen molar-refractivity contribution in [2.75, 3.05) is 7.11 Å². The molecule has 4 nitrogen and oxygen atoms in total. The third-order valence-corrected chi connectivity index (χ3v) is 3.42. The van der Waals surface area contributed by atoms with Gasteiger partial charge >= 0.3 is 0 Å². The number of rotatable bonds is 6. The molecule has 0 saturated carbocycles. The fourth-order valence-electron chi connectivity index (χ4n) is 2.18. The van der Waals surface area contributed by atoms with Crippen LogP contribution in [0, 0.1) is 0 Å². The van der Waals surface area contributed by atoms with E-state index in [0.29, 0.717) is 11.6 Å². The first-order valence-electron chi connectivity index (χ1n) is 8.17. The predicted molar refractivity (Wildman–Crippen MR) is 103 cm³/mol. The van der Waals surface area contributed by atoms with Crippen molar-refractivity contribution in [2.45, 2.75) is 0 Å². The van der Waals surface area contributed by atoms with E-state index in [0.717, 1.165) is 17.2 Å². The van der Waals surface area contributed by atoms with Gasteiger partial charge < -0.3 is 14.2 Å². The van der Waals surface area contributed by atoms with Crippen LogP contribution in [0.15, 0.2) is 102 Å². The van der Waals surface area contributed by atoms with E-state index in [4.69, 9.17) is 14.2 Å². The Kier molecular flexibility index (Phi) is 6.04. The Morgan fingerprint density at radius 2 is 1.42 bits per heavy atom. The Morgan fingerprint density at radius 1 is 0.769 bits per heavy atom. The number of hydrogen-bond acceptors (Lipinski definition) is 4. The van der Waals surface area contributed by atoms with Gasteiger partial charge in [0, 0.05) is 12.1 Å². The van der Waals surface area contributed by atoms with Crippen molar-refractivity contribution in [1.29, 1.82) is 0 Å². The van der Waals surface area contributed by atoms with E-state index in [1.54, 1.807) is 19.4 Å². The molecule has 130 valence electrons. The van der Waals surface area contributed by atoms with Crippen LogP contribution in [0.2, 0.25) is 0 Å². The van der Waals surface area contributed by atoms with E-state index < -0.39 is 0 Å². The molecule has 3 aromatic rings. The zero-order valence-electron chi connectivity index (χ0n) is 14.4. The molecule has 0 aliphatic rings. The van der Waals surface area contributed by atoms with Gasteiger partial charge in [0.05, 0.1) is 19.1 Å². The van der Waals surface area contributed by atoms with Gasteiger partial charge in [-0.25, -0.2) is 4.99 Å². The summed E-state index contributed by atoms with van der Waals surface area (Å²) in [7, 11) is 1.62. The van der Waals surface area contributed by atoms with Gasteiger partial charge in [0.1, 0.15) is 17.2 Å². The minimum Gasteiger partial charge on any atom is -0.497 e. The van der Waals surface area contributed by atoms with Crippen LogP contribution in [-0.4, -0.2) is 13.0 Å². The highest BCUT2D eigenvalue weighted by atomic mass is 16.5. The SMILES string of the molecule is COc1cccc(N=C(C=COc2ccccc2)Oc2ccccc2)c1. The van der Waals surface area contributed by atoms with Crippen molar-refractivity contribution >= 4 is 11.6 Å². The van der Waals surface area contributed by atoms with Crippen LogP contribution in [0.25, 0.3) is 0 Å². The smallest absolute Gasteiger partial charge is 0.222 e. The van der Waals surface area contributed by atoms with Crippen LogP contribution in [0.1, 0.15) is 0 Å². The fraction of sp³-hybridized carbons (Fsp3) is 0.0455. The Hall–Kier alpha value is -3.53. The lowest BCUT2D eigenvalue weighted by Gasteiger charge is -2.06.